The van der Waals surface area contributed by atoms with Crippen molar-refractivity contribution in [2.75, 3.05) is 13.2 Å². The summed E-state index contributed by atoms with van der Waals surface area (Å²) in [5, 5.41) is 19.1. The number of benzene rings is 1. The van der Waals surface area contributed by atoms with E-state index >= 15 is 0 Å². The van der Waals surface area contributed by atoms with E-state index in [1.807, 2.05) is 0 Å². The lowest BCUT2D eigenvalue weighted by molar-refractivity contribution is 0.114. The van der Waals surface area contributed by atoms with Crippen molar-refractivity contribution in [3.63, 3.8) is 0 Å². The van der Waals surface area contributed by atoms with Gasteiger partial charge in [0.1, 0.15) is 0 Å². The number of hydrogen-bond donors (Lipinski definition) is 2. The molecule has 0 amide bonds. The smallest absolute Gasteiger partial charge is 0.281 e. The van der Waals surface area contributed by atoms with E-state index in [0.29, 0.717) is 30.0 Å². The summed E-state index contributed by atoms with van der Waals surface area (Å²) in [6, 6.07) is 6.00. The highest BCUT2D eigenvalue weighted by Gasteiger charge is 2.21. The molecule has 2 heterocycles. The molecule has 0 spiro atoms. The Hall–Kier alpha value is -2.56. The van der Waals surface area contributed by atoms with E-state index in [2.05, 4.69) is 28.8 Å². The highest BCUT2D eigenvalue weighted by molar-refractivity contribution is 7.89. The fraction of sp³-hybridized carbons (Fsp3) is 0.577. The SMILES string of the molecule is CCCCC(CC)Cn1c(O)c(C)c(C)c(N=Nc2ccc(S(=O)(=O)NCC3CCCO3)cc2)c1=O. The van der Waals surface area contributed by atoms with Crippen molar-refractivity contribution in [2.24, 2.45) is 16.1 Å². The van der Waals surface area contributed by atoms with Gasteiger partial charge in [-0.2, -0.15) is 5.11 Å². The number of nitrogens with zero attached hydrogens (tertiary/aromatic N) is 3. The van der Waals surface area contributed by atoms with Crippen LogP contribution in [0.4, 0.5) is 11.4 Å². The molecule has 10 heteroatoms. The minimum absolute atomic E-state index is 0.0311. The van der Waals surface area contributed by atoms with Crippen molar-refractivity contribution >= 4 is 21.4 Å². The zero-order valence-corrected chi connectivity index (χ0v) is 22.5. The van der Waals surface area contributed by atoms with Crippen LogP contribution in [0.3, 0.4) is 0 Å². The van der Waals surface area contributed by atoms with Crippen LogP contribution in [-0.2, 0) is 21.3 Å². The lowest BCUT2D eigenvalue weighted by Crippen LogP contribution is -2.31. The summed E-state index contributed by atoms with van der Waals surface area (Å²) < 4.78 is 34.6. The van der Waals surface area contributed by atoms with Gasteiger partial charge in [0, 0.05) is 25.3 Å². The van der Waals surface area contributed by atoms with Crippen LogP contribution in [0.2, 0.25) is 0 Å². The average molecular weight is 519 g/mol. The first-order valence-corrected chi connectivity index (χ1v) is 14.2. The Morgan fingerprint density at radius 1 is 1.17 bits per heavy atom. The molecule has 1 aliphatic rings. The number of aromatic hydroxyl groups is 1. The van der Waals surface area contributed by atoms with Crippen LogP contribution in [0, 0.1) is 19.8 Å². The van der Waals surface area contributed by atoms with Crippen LogP contribution >= 0.6 is 0 Å². The van der Waals surface area contributed by atoms with E-state index in [4.69, 9.17) is 4.74 Å². The first-order chi connectivity index (χ1) is 17.2. The number of sulfonamides is 1. The van der Waals surface area contributed by atoms with Crippen LogP contribution in [0.25, 0.3) is 0 Å². The molecular formula is C26H38N4O5S. The molecule has 9 nitrogen and oxygen atoms in total. The number of pyridine rings is 1. The van der Waals surface area contributed by atoms with Gasteiger partial charge >= 0.3 is 0 Å². The molecular weight excluding hydrogens is 480 g/mol. The highest BCUT2D eigenvalue weighted by atomic mass is 32.2. The number of nitrogens with one attached hydrogen (secondary N) is 1. The second-order valence-electron chi connectivity index (χ2n) is 9.44. The van der Waals surface area contributed by atoms with Crippen molar-refractivity contribution in [1.82, 2.24) is 9.29 Å². The zero-order valence-electron chi connectivity index (χ0n) is 21.7. The molecule has 3 rings (SSSR count). The van der Waals surface area contributed by atoms with Gasteiger partial charge in [-0.1, -0.05) is 33.1 Å². The largest absolute Gasteiger partial charge is 0.494 e. The van der Waals surface area contributed by atoms with Crippen molar-refractivity contribution in [3.8, 4) is 5.88 Å². The summed E-state index contributed by atoms with van der Waals surface area (Å²) in [5.74, 6) is 0.250. The predicted molar refractivity (Wildman–Crippen MR) is 140 cm³/mol. The third-order valence-corrected chi connectivity index (χ3v) is 8.32. The third kappa shape index (κ3) is 6.80. The Morgan fingerprint density at radius 3 is 2.50 bits per heavy atom. The second-order valence-corrected chi connectivity index (χ2v) is 11.2. The quantitative estimate of drug-likeness (QED) is 0.371. The first kappa shape index (κ1) is 28.0. The molecule has 1 aromatic carbocycles. The maximum absolute atomic E-state index is 13.2. The monoisotopic (exact) mass is 518 g/mol. The maximum Gasteiger partial charge on any atom is 0.281 e. The van der Waals surface area contributed by atoms with Crippen LogP contribution < -0.4 is 10.3 Å². The summed E-state index contributed by atoms with van der Waals surface area (Å²) in [7, 11) is -3.67. The second kappa shape index (κ2) is 12.6. The van der Waals surface area contributed by atoms with E-state index in [1.54, 1.807) is 26.0 Å². The molecule has 0 bridgehead atoms. The van der Waals surface area contributed by atoms with Crippen LogP contribution in [0.5, 0.6) is 5.88 Å². The Bertz CT molecular complexity index is 1220. The van der Waals surface area contributed by atoms with E-state index < -0.39 is 10.0 Å². The molecule has 2 aromatic rings. The van der Waals surface area contributed by atoms with E-state index in [0.717, 1.165) is 38.5 Å². The van der Waals surface area contributed by atoms with Crippen molar-refractivity contribution in [3.05, 3.63) is 45.7 Å². The Labute approximate surface area is 213 Å². The van der Waals surface area contributed by atoms with Gasteiger partial charge in [-0.3, -0.25) is 9.36 Å². The van der Waals surface area contributed by atoms with Gasteiger partial charge in [0.05, 0.1) is 16.7 Å². The van der Waals surface area contributed by atoms with E-state index in [-0.39, 0.29) is 40.6 Å². The fourth-order valence-electron chi connectivity index (χ4n) is 4.29. The summed E-state index contributed by atoms with van der Waals surface area (Å²) in [5.41, 5.74) is 1.36. The number of rotatable bonds is 12. The van der Waals surface area contributed by atoms with Gasteiger partial charge in [-0.15, -0.1) is 5.11 Å². The maximum atomic E-state index is 13.2. The number of ether oxygens (including phenoxy) is 1. The molecule has 1 fully saturated rings. The molecule has 0 aliphatic carbocycles. The minimum Gasteiger partial charge on any atom is -0.494 e. The third-order valence-electron chi connectivity index (χ3n) is 6.88. The topological polar surface area (TPSA) is 122 Å². The molecule has 1 saturated heterocycles. The zero-order chi connectivity index (χ0) is 26.3. The summed E-state index contributed by atoms with van der Waals surface area (Å²) in [6.07, 6.45) is 5.74. The molecule has 36 heavy (non-hydrogen) atoms. The van der Waals surface area contributed by atoms with Gasteiger partial charge < -0.3 is 9.84 Å². The summed E-state index contributed by atoms with van der Waals surface area (Å²) >= 11 is 0. The number of hydrogen-bond acceptors (Lipinski definition) is 7. The van der Waals surface area contributed by atoms with Gasteiger partial charge in [-0.05, 0) is 68.9 Å². The van der Waals surface area contributed by atoms with Crippen LogP contribution in [-0.4, -0.2) is 37.3 Å². The van der Waals surface area contributed by atoms with Gasteiger partial charge in [-0.25, -0.2) is 13.1 Å². The van der Waals surface area contributed by atoms with Crippen molar-refractivity contribution in [2.45, 2.75) is 83.8 Å². The molecule has 198 valence electrons. The number of azo groups is 1. The molecule has 2 atom stereocenters. The Morgan fingerprint density at radius 2 is 1.89 bits per heavy atom. The van der Waals surface area contributed by atoms with Crippen molar-refractivity contribution in [1.29, 1.82) is 0 Å². The molecule has 1 aromatic heterocycles. The van der Waals surface area contributed by atoms with Crippen LogP contribution in [0.1, 0.15) is 63.5 Å². The van der Waals surface area contributed by atoms with Gasteiger partial charge in [0.25, 0.3) is 5.56 Å². The first-order valence-electron chi connectivity index (χ1n) is 12.7. The van der Waals surface area contributed by atoms with Gasteiger partial charge in [0.2, 0.25) is 10.0 Å². The summed E-state index contributed by atoms with van der Waals surface area (Å²) in [6.45, 7) is 9.05. The molecule has 2 unspecified atom stereocenters. The fourth-order valence-corrected chi connectivity index (χ4v) is 5.35. The number of aromatic nitrogens is 1. The molecule has 1 aliphatic heterocycles. The Balaban J connectivity index is 1.79. The number of unbranched alkanes of at least 4 members (excludes halogenated alkanes) is 1. The van der Waals surface area contributed by atoms with Crippen LogP contribution in [0.15, 0.2) is 44.2 Å². The molecule has 2 N–H and O–H groups in total. The summed E-state index contributed by atoms with van der Waals surface area (Å²) in [4.78, 5) is 13.3. The average Bonchev–Trinajstić information content (AvgIpc) is 3.40. The van der Waals surface area contributed by atoms with Crippen molar-refractivity contribution < 1.29 is 18.3 Å². The Kier molecular flexibility index (Phi) is 9.81. The molecule has 0 radical (unpaired) electrons. The predicted octanol–water partition coefficient (Wildman–Crippen LogP) is 5.26. The lowest BCUT2D eigenvalue weighted by Gasteiger charge is -2.19. The highest BCUT2D eigenvalue weighted by Crippen LogP contribution is 2.28. The minimum atomic E-state index is -3.67. The normalized spacial score (nSPS) is 17.2. The lowest BCUT2D eigenvalue weighted by atomic mass is 9.99. The van der Waals surface area contributed by atoms with E-state index in [1.165, 1.54) is 16.7 Å². The standard InChI is InChI=1S/C26H38N4O5S/c1-5-7-9-20(6-2)17-30-25(31)19(4)18(3)24(26(30)32)29-28-21-11-13-23(14-12-21)36(33,34)27-16-22-10-8-15-35-22/h11-14,20,22,27,31H,5-10,15-17H2,1-4H3. The van der Waals surface area contributed by atoms with Gasteiger partial charge in [0.15, 0.2) is 11.6 Å². The molecule has 0 saturated carbocycles. The van der Waals surface area contributed by atoms with E-state index in [9.17, 15) is 18.3 Å².